The first kappa shape index (κ1) is 17.8. The molecule has 122 valence electrons. The van der Waals surface area contributed by atoms with Gasteiger partial charge in [-0.25, -0.2) is 4.79 Å². The zero-order valence-electron chi connectivity index (χ0n) is 13.9. The van der Waals surface area contributed by atoms with E-state index in [0.717, 1.165) is 6.42 Å². The van der Waals surface area contributed by atoms with Crippen LogP contribution in [0.2, 0.25) is 0 Å². The lowest BCUT2D eigenvalue weighted by Gasteiger charge is -2.27. The summed E-state index contributed by atoms with van der Waals surface area (Å²) in [5, 5.41) is 0. The lowest BCUT2D eigenvalue weighted by Crippen LogP contribution is -2.48. The summed E-state index contributed by atoms with van der Waals surface area (Å²) in [5.41, 5.74) is 5.42. The second kappa shape index (κ2) is 7.11. The van der Waals surface area contributed by atoms with Crippen LogP contribution in [0.4, 0.5) is 4.79 Å². The number of hydrogen-bond acceptors (Lipinski definition) is 4. The highest BCUT2D eigenvalue weighted by atomic mass is 16.6. The van der Waals surface area contributed by atoms with E-state index in [1.54, 1.807) is 9.80 Å². The van der Waals surface area contributed by atoms with Gasteiger partial charge in [-0.05, 0) is 33.1 Å². The number of nitrogens with zero attached hydrogens (tertiary/aromatic N) is 2. The molecule has 2 amide bonds. The highest BCUT2D eigenvalue weighted by molar-refractivity contribution is 5.82. The number of amides is 2. The molecule has 0 radical (unpaired) electrons. The minimum absolute atomic E-state index is 0.0314. The molecule has 1 fully saturated rings. The smallest absolute Gasteiger partial charge is 0.410 e. The summed E-state index contributed by atoms with van der Waals surface area (Å²) in [6.45, 7) is 11.7. The van der Waals surface area contributed by atoms with Crippen LogP contribution in [0, 0.1) is 5.92 Å². The minimum Gasteiger partial charge on any atom is -0.444 e. The van der Waals surface area contributed by atoms with E-state index in [0.29, 0.717) is 26.2 Å². The van der Waals surface area contributed by atoms with Crippen molar-refractivity contribution in [1.29, 1.82) is 0 Å². The highest BCUT2D eigenvalue weighted by Crippen LogP contribution is 2.13. The lowest BCUT2D eigenvalue weighted by atomic mass is 10.0. The number of carbonyl (C=O) groups is 2. The van der Waals surface area contributed by atoms with Crippen molar-refractivity contribution in [1.82, 2.24) is 9.80 Å². The Morgan fingerprint density at radius 2 is 1.57 bits per heavy atom. The molecule has 0 aromatic rings. The molecule has 2 N–H and O–H groups in total. The summed E-state index contributed by atoms with van der Waals surface area (Å²) >= 11 is 0. The maximum absolute atomic E-state index is 12.3. The summed E-state index contributed by atoms with van der Waals surface area (Å²) in [6.07, 6.45) is 0.431. The molecule has 1 heterocycles. The number of rotatable bonds is 2. The average molecular weight is 299 g/mol. The normalized spacial score (nSPS) is 18.4. The molecule has 6 nitrogen and oxygen atoms in total. The molecule has 0 aromatic carbocycles. The van der Waals surface area contributed by atoms with Crippen LogP contribution < -0.4 is 5.73 Å². The van der Waals surface area contributed by atoms with Gasteiger partial charge in [-0.1, -0.05) is 13.8 Å². The zero-order valence-corrected chi connectivity index (χ0v) is 13.9. The van der Waals surface area contributed by atoms with Crippen molar-refractivity contribution < 1.29 is 14.3 Å². The molecule has 0 aromatic heterocycles. The quantitative estimate of drug-likeness (QED) is 0.837. The van der Waals surface area contributed by atoms with Gasteiger partial charge in [0.15, 0.2) is 0 Å². The van der Waals surface area contributed by atoms with Crippen LogP contribution in [-0.2, 0) is 9.53 Å². The predicted molar refractivity (Wildman–Crippen MR) is 81.8 cm³/mol. The van der Waals surface area contributed by atoms with Crippen LogP contribution in [0.5, 0.6) is 0 Å². The van der Waals surface area contributed by atoms with E-state index in [4.69, 9.17) is 10.5 Å². The van der Waals surface area contributed by atoms with Crippen LogP contribution >= 0.6 is 0 Å². The lowest BCUT2D eigenvalue weighted by molar-refractivity contribution is -0.133. The number of nitrogens with two attached hydrogens (primary N) is 1. The Kier molecular flexibility index (Phi) is 6.01. The molecular weight excluding hydrogens is 270 g/mol. The third-order valence-corrected chi connectivity index (χ3v) is 3.46. The second-order valence-electron chi connectivity index (χ2n) is 6.92. The van der Waals surface area contributed by atoms with Crippen molar-refractivity contribution in [2.45, 2.75) is 52.7 Å². The van der Waals surface area contributed by atoms with Crippen molar-refractivity contribution in [2.24, 2.45) is 11.7 Å². The molecule has 0 unspecified atom stereocenters. The Hall–Kier alpha value is -1.30. The highest BCUT2D eigenvalue weighted by Gasteiger charge is 2.28. The fourth-order valence-corrected chi connectivity index (χ4v) is 2.14. The fraction of sp³-hybridized carbons (Fsp3) is 0.867. The van der Waals surface area contributed by atoms with Gasteiger partial charge in [0.05, 0.1) is 6.04 Å². The van der Waals surface area contributed by atoms with Gasteiger partial charge in [-0.15, -0.1) is 0 Å². The first-order valence-electron chi connectivity index (χ1n) is 7.64. The summed E-state index contributed by atoms with van der Waals surface area (Å²) < 4.78 is 5.37. The average Bonchev–Trinajstić information content (AvgIpc) is 2.60. The van der Waals surface area contributed by atoms with Crippen LogP contribution in [-0.4, -0.2) is 59.6 Å². The summed E-state index contributed by atoms with van der Waals surface area (Å²) in [4.78, 5) is 27.7. The Morgan fingerprint density at radius 3 is 2.10 bits per heavy atom. The Morgan fingerprint density at radius 1 is 1.05 bits per heavy atom. The predicted octanol–water partition coefficient (Wildman–Crippen LogP) is 1.44. The van der Waals surface area contributed by atoms with E-state index < -0.39 is 11.6 Å². The van der Waals surface area contributed by atoms with E-state index in [1.165, 1.54) is 0 Å². The standard InChI is InChI=1S/C15H29N3O3/c1-11(2)12(16)13(19)17-7-6-8-18(10-9-17)14(20)21-15(3,4)5/h11-12H,6-10,16H2,1-5H3/t12-/m0/s1. The molecule has 1 rings (SSSR count). The SMILES string of the molecule is CC(C)[C@H](N)C(=O)N1CCCN(C(=O)OC(C)(C)C)CC1. The van der Waals surface area contributed by atoms with Gasteiger partial charge in [0.25, 0.3) is 0 Å². The Labute approximate surface area is 127 Å². The van der Waals surface area contributed by atoms with E-state index in [2.05, 4.69) is 0 Å². The van der Waals surface area contributed by atoms with Gasteiger partial charge in [0.1, 0.15) is 5.60 Å². The number of carbonyl (C=O) groups excluding carboxylic acids is 2. The van der Waals surface area contributed by atoms with Crippen molar-refractivity contribution in [2.75, 3.05) is 26.2 Å². The van der Waals surface area contributed by atoms with E-state index >= 15 is 0 Å². The van der Waals surface area contributed by atoms with Crippen LogP contribution in [0.3, 0.4) is 0 Å². The maximum atomic E-state index is 12.3. The Balaban J connectivity index is 2.58. The van der Waals surface area contributed by atoms with Gasteiger partial charge in [-0.3, -0.25) is 4.79 Å². The van der Waals surface area contributed by atoms with E-state index in [-0.39, 0.29) is 17.9 Å². The summed E-state index contributed by atoms with van der Waals surface area (Å²) in [6, 6.07) is -0.474. The Bertz CT molecular complexity index is 377. The maximum Gasteiger partial charge on any atom is 0.410 e. The number of ether oxygens (including phenoxy) is 1. The molecule has 21 heavy (non-hydrogen) atoms. The van der Waals surface area contributed by atoms with Crippen molar-refractivity contribution in [3.05, 3.63) is 0 Å². The molecule has 0 bridgehead atoms. The minimum atomic E-state index is -0.501. The molecule has 0 saturated carbocycles. The monoisotopic (exact) mass is 299 g/mol. The topological polar surface area (TPSA) is 75.9 Å². The third-order valence-electron chi connectivity index (χ3n) is 3.46. The van der Waals surface area contributed by atoms with E-state index in [9.17, 15) is 9.59 Å². The van der Waals surface area contributed by atoms with Crippen LogP contribution in [0.25, 0.3) is 0 Å². The van der Waals surface area contributed by atoms with Crippen molar-refractivity contribution >= 4 is 12.0 Å². The summed E-state index contributed by atoms with van der Waals surface area (Å²) in [7, 11) is 0. The fourth-order valence-electron chi connectivity index (χ4n) is 2.14. The first-order chi connectivity index (χ1) is 9.61. The van der Waals surface area contributed by atoms with Gasteiger partial charge in [0.2, 0.25) is 5.91 Å². The van der Waals surface area contributed by atoms with Crippen molar-refractivity contribution in [3.63, 3.8) is 0 Å². The largest absolute Gasteiger partial charge is 0.444 e. The molecule has 1 aliphatic heterocycles. The molecule has 1 aliphatic rings. The van der Waals surface area contributed by atoms with Crippen molar-refractivity contribution in [3.8, 4) is 0 Å². The molecule has 1 saturated heterocycles. The first-order valence-corrected chi connectivity index (χ1v) is 7.64. The number of hydrogen-bond donors (Lipinski definition) is 1. The summed E-state index contributed by atoms with van der Waals surface area (Å²) in [5.74, 6) is 0.0822. The molecule has 1 atom stereocenters. The van der Waals surface area contributed by atoms with Crippen LogP contribution in [0.15, 0.2) is 0 Å². The van der Waals surface area contributed by atoms with Gasteiger partial charge in [0, 0.05) is 26.2 Å². The van der Waals surface area contributed by atoms with Crippen LogP contribution in [0.1, 0.15) is 41.0 Å². The van der Waals surface area contributed by atoms with E-state index in [1.807, 2.05) is 34.6 Å². The molecular formula is C15H29N3O3. The molecule has 6 heteroatoms. The van der Waals surface area contributed by atoms with Gasteiger partial charge >= 0.3 is 6.09 Å². The zero-order chi connectivity index (χ0) is 16.2. The molecule has 0 spiro atoms. The van der Waals surface area contributed by atoms with Gasteiger partial charge in [-0.2, -0.15) is 0 Å². The molecule has 0 aliphatic carbocycles. The van der Waals surface area contributed by atoms with Gasteiger partial charge < -0.3 is 20.3 Å². The second-order valence-corrected chi connectivity index (χ2v) is 6.92. The third kappa shape index (κ3) is 5.53.